The highest BCUT2D eigenvalue weighted by atomic mass is 127. The van der Waals surface area contributed by atoms with Crippen LogP contribution in [0.25, 0.3) is 0 Å². The number of nitriles is 1. The average Bonchev–Trinajstić information content (AvgIpc) is 2.16. The first-order valence-electron chi connectivity index (χ1n) is 4.10. The van der Waals surface area contributed by atoms with Crippen molar-refractivity contribution in [2.75, 3.05) is 6.61 Å². The summed E-state index contributed by atoms with van der Waals surface area (Å²) in [7, 11) is 0. The molecule has 0 amide bonds. The van der Waals surface area contributed by atoms with Crippen LogP contribution < -0.4 is 4.74 Å². The van der Waals surface area contributed by atoms with Crippen molar-refractivity contribution in [1.29, 1.82) is 5.26 Å². The molecule has 1 aromatic carbocycles. The third-order valence-electron chi connectivity index (χ3n) is 1.52. The van der Waals surface area contributed by atoms with E-state index in [9.17, 15) is 0 Å². The summed E-state index contributed by atoms with van der Waals surface area (Å²) in [4.78, 5) is 0. The molecule has 0 aliphatic heterocycles. The fourth-order valence-electron chi connectivity index (χ4n) is 0.927. The van der Waals surface area contributed by atoms with Crippen LogP contribution in [0.2, 0.25) is 0 Å². The van der Waals surface area contributed by atoms with Crippen LogP contribution in [0.3, 0.4) is 0 Å². The fourth-order valence-corrected chi connectivity index (χ4v) is 1.42. The second-order valence-electron chi connectivity index (χ2n) is 2.60. The smallest absolute Gasteiger partial charge is 0.137 e. The number of ether oxygens (including phenoxy) is 1. The SMILES string of the molecule is CCCOc1ccc(I)cc1C#N. The Morgan fingerprint density at radius 3 is 2.92 bits per heavy atom. The lowest BCUT2D eigenvalue weighted by molar-refractivity contribution is 0.316. The van der Waals surface area contributed by atoms with Gasteiger partial charge in [-0.25, -0.2) is 0 Å². The van der Waals surface area contributed by atoms with Gasteiger partial charge in [0.1, 0.15) is 11.8 Å². The molecule has 13 heavy (non-hydrogen) atoms. The van der Waals surface area contributed by atoms with E-state index in [-0.39, 0.29) is 0 Å². The summed E-state index contributed by atoms with van der Waals surface area (Å²) in [6.07, 6.45) is 0.955. The van der Waals surface area contributed by atoms with Gasteiger partial charge in [0.05, 0.1) is 12.2 Å². The van der Waals surface area contributed by atoms with E-state index in [0.29, 0.717) is 17.9 Å². The van der Waals surface area contributed by atoms with Gasteiger partial charge < -0.3 is 4.74 Å². The number of nitrogens with zero attached hydrogens (tertiary/aromatic N) is 1. The van der Waals surface area contributed by atoms with Crippen molar-refractivity contribution in [1.82, 2.24) is 0 Å². The molecule has 0 fully saturated rings. The summed E-state index contributed by atoms with van der Waals surface area (Å²) in [6.45, 7) is 2.70. The quantitative estimate of drug-likeness (QED) is 0.801. The van der Waals surface area contributed by atoms with Crippen LogP contribution in [0, 0.1) is 14.9 Å². The van der Waals surface area contributed by atoms with E-state index in [1.54, 1.807) is 0 Å². The summed E-state index contributed by atoms with van der Waals surface area (Å²) in [5, 5.41) is 8.81. The van der Waals surface area contributed by atoms with Crippen LogP contribution in [-0.4, -0.2) is 6.61 Å². The Labute approximate surface area is 91.7 Å². The second kappa shape index (κ2) is 5.07. The molecule has 0 aromatic heterocycles. The molecule has 0 atom stereocenters. The molecule has 0 saturated heterocycles. The Balaban J connectivity index is 2.88. The first kappa shape index (κ1) is 10.3. The molecule has 0 radical (unpaired) electrons. The van der Waals surface area contributed by atoms with E-state index in [1.165, 1.54) is 0 Å². The van der Waals surface area contributed by atoms with Crippen LogP contribution in [-0.2, 0) is 0 Å². The normalized spacial score (nSPS) is 9.31. The predicted octanol–water partition coefficient (Wildman–Crippen LogP) is 2.95. The molecule has 1 aromatic rings. The Morgan fingerprint density at radius 2 is 2.31 bits per heavy atom. The molecule has 3 heteroatoms. The summed E-state index contributed by atoms with van der Waals surface area (Å²) in [5.74, 6) is 0.685. The van der Waals surface area contributed by atoms with Gasteiger partial charge in [0.2, 0.25) is 0 Å². The number of benzene rings is 1. The number of hydrogen-bond donors (Lipinski definition) is 0. The lowest BCUT2D eigenvalue weighted by atomic mass is 10.2. The van der Waals surface area contributed by atoms with Crippen molar-refractivity contribution in [3.63, 3.8) is 0 Å². The Bertz CT molecular complexity index is 330. The van der Waals surface area contributed by atoms with E-state index in [4.69, 9.17) is 10.00 Å². The minimum atomic E-state index is 0.611. The Kier molecular flexibility index (Phi) is 4.03. The van der Waals surface area contributed by atoms with Crippen LogP contribution in [0.4, 0.5) is 0 Å². The van der Waals surface area contributed by atoms with Crippen molar-refractivity contribution in [3.8, 4) is 11.8 Å². The van der Waals surface area contributed by atoms with Gasteiger partial charge in [0, 0.05) is 3.57 Å². The molecule has 0 spiro atoms. The molecule has 0 N–H and O–H groups in total. The molecule has 0 bridgehead atoms. The van der Waals surface area contributed by atoms with E-state index in [2.05, 4.69) is 28.7 Å². The van der Waals surface area contributed by atoms with Gasteiger partial charge in [0.25, 0.3) is 0 Å². The van der Waals surface area contributed by atoms with Gasteiger partial charge in [-0.15, -0.1) is 0 Å². The zero-order valence-electron chi connectivity index (χ0n) is 7.38. The molecular weight excluding hydrogens is 277 g/mol. The second-order valence-corrected chi connectivity index (χ2v) is 3.85. The van der Waals surface area contributed by atoms with Crippen LogP contribution in [0.1, 0.15) is 18.9 Å². The van der Waals surface area contributed by atoms with Gasteiger partial charge in [-0.2, -0.15) is 5.26 Å². The van der Waals surface area contributed by atoms with Gasteiger partial charge in [-0.05, 0) is 47.2 Å². The molecule has 0 unspecified atom stereocenters. The van der Waals surface area contributed by atoms with Gasteiger partial charge in [-0.3, -0.25) is 0 Å². The molecule has 1 rings (SSSR count). The lowest BCUT2D eigenvalue weighted by Gasteiger charge is -2.05. The van der Waals surface area contributed by atoms with Crippen LogP contribution in [0.5, 0.6) is 5.75 Å². The van der Waals surface area contributed by atoms with E-state index in [1.807, 2.05) is 25.1 Å². The minimum absolute atomic E-state index is 0.611. The van der Waals surface area contributed by atoms with Gasteiger partial charge in [-0.1, -0.05) is 6.92 Å². The number of halogens is 1. The van der Waals surface area contributed by atoms with E-state index in [0.717, 1.165) is 9.99 Å². The highest BCUT2D eigenvalue weighted by Crippen LogP contribution is 2.20. The molecule has 0 saturated carbocycles. The molecule has 68 valence electrons. The lowest BCUT2D eigenvalue weighted by Crippen LogP contribution is -1.97. The first-order valence-corrected chi connectivity index (χ1v) is 5.18. The van der Waals surface area contributed by atoms with Gasteiger partial charge >= 0.3 is 0 Å². The highest BCUT2D eigenvalue weighted by molar-refractivity contribution is 14.1. The summed E-state index contributed by atoms with van der Waals surface area (Å²) >= 11 is 2.18. The Hall–Kier alpha value is -0.760. The molecular formula is C10H10INO. The van der Waals surface area contributed by atoms with Crippen molar-refractivity contribution in [2.45, 2.75) is 13.3 Å². The Morgan fingerprint density at radius 1 is 1.54 bits per heavy atom. The molecule has 2 nitrogen and oxygen atoms in total. The predicted molar refractivity (Wildman–Crippen MR) is 59.7 cm³/mol. The number of rotatable bonds is 3. The van der Waals surface area contributed by atoms with E-state index >= 15 is 0 Å². The zero-order chi connectivity index (χ0) is 9.68. The third kappa shape index (κ3) is 2.88. The van der Waals surface area contributed by atoms with Crippen LogP contribution in [0.15, 0.2) is 18.2 Å². The molecule has 0 aliphatic rings. The molecule has 0 heterocycles. The molecule has 0 aliphatic carbocycles. The van der Waals surface area contributed by atoms with E-state index < -0.39 is 0 Å². The zero-order valence-corrected chi connectivity index (χ0v) is 9.54. The summed E-state index contributed by atoms with van der Waals surface area (Å²) in [6, 6.07) is 7.72. The maximum absolute atomic E-state index is 8.81. The monoisotopic (exact) mass is 287 g/mol. The maximum Gasteiger partial charge on any atom is 0.137 e. The van der Waals surface area contributed by atoms with Crippen molar-refractivity contribution >= 4 is 22.6 Å². The minimum Gasteiger partial charge on any atom is -0.492 e. The third-order valence-corrected chi connectivity index (χ3v) is 2.19. The fraction of sp³-hybridized carbons (Fsp3) is 0.300. The standard InChI is InChI=1S/C10H10INO/c1-2-5-13-10-4-3-9(11)6-8(10)7-12/h3-4,6H,2,5H2,1H3. The van der Waals surface area contributed by atoms with Crippen LogP contribution >= 0.6 is 22.6 Å². The summed E-state index contributed by atoms with van der Waals surface area (Å²) in [5.41, 5.74) is 0.611. The number of hydrogen-bond acceptors (Lipinski definition) is 2. The highest BCUT2D eigenvalue weighted by Gasteiger charge is 2.02. The van der Waals surface area contributed by atoms with Crippen molar-refractivity contribution in [2.24, 2.45) is 0 Å². The first-order chi connectivity index (χ1) is 6.27. The van der Waals surface area contributed by atoms with Crippen molar-refractivity contribution in [3.05, 3.63) is 27.3 Å². The topological polar surface area (TPSA) is 33.0 Å². The van der Waals surface area contributed by atoms with Gasteiger partial charge in [0.15, 0.2) is 0 Å². The average molecular weight is 287 g/mol. The largest absolute Gasteiger partial charge is 0.492 e. The maximum atomic E-state index is 8.81. The summed E-state index contributed by atoms with van der Waals surface area (Å²) < 4.78 is 6.46. The van der Waals surface area contributed by atoms with Crippen molar-refractivity contribution < 1.29 is 4.74 Å².